The van der Waals surface area contributed by atoms with E-state index in [4.69, 9.17) is 0 Å². The lowest BCUT2D eigenvalue weighted by atomic mass is 10.1. The fourth-order valence-electron chi connectivity index (χ4n) is 2.97. The fourth-order valence-corrected chi connectivity index (χ4v) is 2.97. The Labute approximate surface area is 130 Å². The maximum atomic E-state index is 3.52. The Balaban J connectivity index is 1.68. The predicted molar refractivity (Wildman–Crippen MR) is 90.5 cm³/mol. The van der Waals surface area contributed by atoms with E-state index in [0.717, 1.165) is 13.1 Å². The first-order chi connectivity index (χ1) is 10.1. The van der Waals surface area contributed by atoms with Crippen molar-refractivity contribution in [1.82, 2.24) is 15.1 Å². The van der Waals surface area contributed by atoms with Gasteiger partial charge in [0.2, 0.25) is 0 Å². The van der Waals surface area contributed by atoms with Crippen LogP contribution in [0.4, 0.5) is 0 Å². The van der Waals surface area contributed by atoms with Crippen LogP contribution in [0.25, 0.3) is 0 Å². The molecule has 3 heteroatoms. The van der Waals surface area contributed by atoms with Crippen molar-refractivity contribution in [2.24, 2.45) is 0 Å². The van der Waals surface area contributed by atoms with Gasteiger partial charge in [-0.1, -0.05) is 44.2 Å². The van der Waals surface area contributed by atoms with E-state index in [1.54, 1.807) is 0 Å². The molecule has 118 valence electrons. The molecule has 1 atom stereocenters. The number of nitrogens with zero attached hydrogens (tertiary/aromatic N) is 2. The number of rotatable bonds is 7. The number of hydrogen-bond donors (Lipinski definition) is 1. The summed E-state index contributed by atoms with van der Waals surface area (Å²) in [6, 6.07) is 12.1. The highest BCUT2D eigenvalue weighted by atomic mass is 15.3. The Kier molecular flexibility index (Phi) is 6.68. The van der Waals surface area contributed by atoms with Crippen LogP contribution in [0.2, 0.25) is 0 Å². The standard InChI is InChI=1S/C18H31N3/c1-16(2)19-10-9-17(3)21-13-11-20(12-14-21)15-18-7-5-4-6-8-18/h4-8,16-17,19H,9-15H2,1-3H3. The van der Waals surface area contributed by atoms with E-state index in [-0.39, 0.29) is 0 Å². The van der Waals surface area contributed by atoms with Crippen molar-refractivity contribution in [3.05, 3.63) is 35.9 Å². The van der Waals surface area contributed by atoms with Crippen molar-refractivity contribution in [3.8, 4) is 0 Å². The van der Waals surface area contributed by atoms with Gasteiger partial charge in [-0.3, -0.25) is 9.80 Å². The van der Waals surface area contributed by atoms with Gasteiger partial charge >= 0.3 is 0 Å². The van der Waals surface area contributed by atoms with Crippen LogP contribution in [0.15, 0.2) is 30.3 Å². The van der Waals surface area contributed by atoms with Crippen LogP contribution < -0.4 is 5.32 Å². The fraction of sp³-hybridized carbons (Fsp3) is 0.667. The molecule has 1 saturated heterocycles. The van der Waals surface area contributed by atoms with Gasteiger partial charge in [-0.25, -0.2) is 0 Å². The molecule has 0 aromatic heterocycles. The first-order valence-corrected chi connectivity index (χ1v) is 8.39. The van der Waals surface area contributed by atoms with Crippen LogP contribution in [0.3, 0.4) is 0 Å². The van der Waals surface area contributed by atoms with Gasteiger partial charge in [-0.2, -0.15) is 0 Å². The van der Waals surface area contributed by atoms with Crippen LogP contribution in [0.5, 0.6) is 0 Å². The molecule has 1 aromatic carbocycles. The van der Waals surface area contributed by atoms with E-state index in [2.05, 4.69) is 66.2 Å². The molecule has 1 fully saturated rings. The predicted octanol–water partition coefficient (Wildman–Crippen LogP) is 2.58. The summed E-state index contributed by atoms with van der Waals surface area (Å²) in [5.41, 5.74) is 1.43. The molecule has 0 aliphatic carbocycles. The van der Waals surface area contributed by atoms with Crippen molar-refractivity contribution in [1.29, 1.82) is 0 Å². The second kappa shape index (κ2) is 8.52. The van der Waals surface area contributed by atoms with E-state index in [1.807, 2.05) is 0 Å². The second-order valence-electron chi connectivity index (χ2n) is 6.54. The molecule has 21 heavy (non-hydrogen) atoms. The van der Waals surface area contributed by atoms with Crippen LogP contribution in [0.1, 0.15) is 32.8 Å². The Hall–Kier alpha value is -0.900. The zero-order valence-electron chi connectivity index (χ0n) is 13.9. The molecule has 2 rings (SSSR count). The zero-order valence-corrected chi connectivity index (χ0v) is 13.9. The van der Waals surface area contributed by atoms with Crippen molar-refractivity contribution in [2.75, 3.05) is 32.7 Å². The summed E-state index contributed by atoms with van der Waals surface area (Å²) in [6.07, 6.45) is 1.25. The molecule has 0 bridgehead atoms. The minimum Gasteiger partial charge on any atom is -0.314 e. The van der Waals surface area contributed by atoms with Gasteiger partial charge in [0.25, 0.3) is 0 Å². The lowest BCUT2D eigenvalue weighted by molar-refractivity contribution is 0.0943. The van der Waals surface area contributed by atoms with Gasteiger partial charge in [0.15, 0.2) is 0 Å². The van der Waals surface area contributed by atoms with Gasteiger partial charge in [-0.15, -0.1) is 0 Å². The van der Waals surface area contributed by atoms with Crippen LogP contribution >= 0.6 is 0 Å². The third-order valence-corrected chi connectivity index (χ3v) is 4.39. The minimum absolute atomic E-state index is 0.597. The average molecular weight is 289 g/mol. The smallest absolute Gasteiger partial charge is 0.0234 e. The van der Waals surface area contributed by atoms with E-state index in [0.29, 0.717) is 12.1 Å². The third-order valence-electron chi connectivity index (χ3n) is 4.39. The highest BCUT2D eigenvalue weighted by Gasteiger charge is 2.20. The molecular formula is C18H31N3. The lowest BCUT2D eigenvalue weighted by Gasteiger charge is -2.38. The largest absolute Gasteiger partial charge is 0.314 e. The molecule has 1 aromatic rings. The molecule has 0 spiro atoms. The summed E-state index contributed by atoms with van der Waals surface area (Å²) in [4.78, 5) is 5.22. The van der Waals surface area contributed by atoms with Crippen LogP contribution in [0, 0.1) is 0 Å². The molecule has 1 aliphatic rings. The third kappa shape index (κ3) is 5.77. The lowest BCUT2D eigenvalue weighted by Crippen LogP contribution is -2.49. The molecule has 3 nitrogen and oxygen atoms in total. The summed E-state index contributed by atoms with van der Waals surface area (Å²) in [5.74, 6) is 0. The zero-order chi connectivity index (χ0) is 15.1. The quantitative estimate of drug-likeness (QED) is 0.832. The van der Waals surface area contributed by atoms with Gasteiger partial charge in [0.1, 0.15) is 0 Å². The highest BCUT2D eigenvalue weighted by Crippen LogP contribution is 2.11. The maximum absolute atomic E-state index is 3.52. The Morgan fingerprint density at radius 2 is 1.67 bits per heavy atom. The summed E-state index contributed by atoms with van der Waals surface area (Å²) >= 11 is 0. The number of piperazine rings is 1. The highest BCUT2D eigenvalue weighted by molar-refractivity contribution is 5.14. The molecule has 1 aliphatic heterocycles. The van der Waals surface area contributed by atoms with Crippen LogP contribution in [-0.2, 0) is 6.54 Å². The Bertz CT molecular complexity index is 383. The molecule has 1 heterocycles. The molecule has 0 saturated carbocycles. The number of benzene rings is 1. The maximum Gasteiger partial charge on any atom is 0.0234 e. The molecule has 1 N–H and O–H groups in total. The second-order valence-corrected chi connectivity index (χ2v) is 6.54. The molecule has 1 unspecified atom stereocenters. The molecule has 0 amide bonds. The summed E-state index contributed by atoms with van der Waals surface area (Å²) in [7, 11) is 0. The van der Waals surface area contributed by atoms with E-state index < -0.39 is 0 Å². The van der Waals surface area contributed by atoms with Crippen molar-refractivity contribution in [3.63, 3.8) is 0 Å². The van der Waals surface area contributed by atoms with Gasteiger partial charge in [0, 0.05) is 44.8 Å². The summed E-state index contributed by atoms with van der Waals surface area (Å²) < 4.78 is 0. The average Bonchev–Trinajstić information content (AvgIpc) is 2.48. The SMILES string of the molecule is CC(C)NCCC(C)N1CCN(Cc2ccccc2)CC1. The van der Waals surface area contributed by atoms with E-state index in [1.165, 1.54) is 38.2 Å². The Morgan fingerprint density at radius 3 is 2.29 bits per heavy atom. The first kappa shape index (κ1) is 16.5. The molecular weight excluding hydrogens is 258 g/mol. The van der Waals surface area contributed by atoms with Crippen molar-refractivity contribution < 1.29 is 0 Å². The summed E-state index contributed by atoms with van der Waals surface area (Å²) in [5, 5.41) is 3.52. The normalized spacial score (nSPS) is 19.0. The monoisotopic (exact) mass is 289 g/mol. The van der Waals surface area contributed by atoms with E-state index in [9.17, 15) is 0 Å². The topological polar surface area (TPSA) is 18.5 Å². The van der Waals surface area contributed by atoms with E-state index >= 15 is 0 Å². The van der Waals surface area contributed by atoms with Crippen LogP contribution in [-0.4, -0.2) is 54.6 Å². The minimum atomic E-state index is 0.597. The summed E-state index contributed by atoms with van der Waals surface area (Å²) in [6.45, 7) is 13.8. The van der Waals surface area contributed by atoms with Crippen molar-refractivity contribution in [2.45, 2.75) is 45.8 Å². The first-order valence-electron chi connectivity index (χ1n) is 8.39. The Morgan fingerprint density at radius 1 is 1.00 bits per heavy atom. The molecule has 0 radical (unpaired) electrons. The van der Waals surface area contributed by atoms with Gasteiger partial charge < -0.3 is 5.32 Å². The van der Waals surface area contributed by atoms with Crippen molar-refractivity contribution >= 4 is 0 Å². The van der Waals surface area contributed by atoms with Gasteiger partial charge in [-0.05, 0) is 25.5 Å². The van der Waals surface area contributed by atoms with Gasteiger partial charge in [0.05, 0.1) is 0 Å². The number of nitrogens with one attached hydrogen (secondary N) is 1. The number of hydrogen-bond acceptors (Lipinski definition) is 3.